The van der Waals surface area contributed by atoms with E-state index in [1.807, 2.05) is 24.3 Å². The molecule has 4 aromatic rings. The molecule has 5 nitrogen and oxygen atoms in total. The number of thioether (sulfide) groups is 1. The summed E-state index contributed by atoms with van der Waals surface area (Å²) in [6, 6.07) is 29.5. The Bertz CT molecular complexity index is 1370. The number of halogens is 1. The molecule has 0 saturated heterocycles. The van der Waals surface area contributed by atoms with Crippen LogP contribution in [0.1, 0.15) is 15.9 Å². The molecule has 0 bridgehead atoms. The molecule has 0 unspecified atom stereocenters. The van der Waals surface area contributed by atoms with Gasteiger partial charge in [-0.3, -0.25) is 0 Å². The molecule has 0 spiro atoms. The van der Waals surface area contributed by atoms with Crippen molar-refractivity contribution in [1.29, 1.82) is 0 Å². The molecular weight excluding hydrogens is 534 g/mol. The lowest BCUT2D eigenvalue weighted by molar-refractivity contribution is 0.0696. The Hall–Kier alpha value is -3.07. The van der Waals surface area contributed by atoms with Crippen molar-refractivity contribution < 1.29 is 18.3 Å². The third kappa shape index (κ3) is 5.52. The van der Waals surface area contributed by atoms with Crippen LogP contribution in [-0.2, 0) is 15.8 Å². The Balaban J connectivity index is 1.78. The summed E-state index contributed by atoms with van der Waals surface area (Å²) < 4.78 is 30.0. The highest BCUT2D eigenvalue weighted by atomic mass is 79.9. The van der Waals surface area contributed by atoms with Gasteiger partial charge in [0.1, 0.15) is 0 Å². The molecule has 1 N–H and O–H groups in total. The van der Waals surface area contributed by atoms with Gasteiger partial charge in [-0.15, -0.1) is 11.8 Å². The van der Waals surface area contributed by atoms with Gasteiger partial charge in [0.05, 0.1) is 21.8 Å². The summed E-state index contributed by atoms with van der Waals surface area (Å²) in [6.07, 6.45) is 0. The fourth-order valence-electron chi connectivity index (χ4n) is 3.38. The van der Waals surface area contributed by atoms with Crippen LogP contribution < -0.4 is 4.31 Å². The molecule has 0 fully saturated rings. The smallest absolute Gasteiger partial charge is 0.335 e. The van der Waals surface area contributed by atoms with Gasteiger partial charge in [0.25, 0.3) is 10.0 Å². The molecule has 0 saturated carbocycles. The number of hydrogen-bond acceptors (Lipinski definition) is 4. The van der Waals surface area contributed by atoms with Crippen LogP contribution in [0.5, 0.6) is 0 Å². The van der Waals surface area contributed by atoms with Crippen LogP contribution in [0, 0.1) is 0 Å². The summed E-state index contributed by atoms with van der Waals surface area (Å²) in [4.78, 5) is 12.3. The van der Waals surface area contributed by atoms with Crippen molar-refractivity contribution in [3.05, 3.63) is 119 Å². The highest BCUT2D eigenvalue weighted by molar-refractivity contribution is 9.10. The number of carbonyl (C=O) groups is 1. The predicted octanol–water partition coefficient (Wildman–Crippen LogP) is 6.97. The van der Waals surface area contributed by atoms with Gasteiger partial charge in [0, 0.05) is 15.1 Å². The SMILES string of the molecule is O=C(O)c1cc(SCc2cccc(Br)c2)cc(S(=O)(=O)N(c2ccccc2)c2ccccc2)c1. The van der Waals surface area contributed by atoms with Crippen LogP contribution in [0.2, 0.25) is 0 Å². The summed E-state index contributed by atoms with van der Waals surface area (Å²) in [5.41, 5.74) is 1.86. The molecule has 34 heavy (non-hydrogen) atoms. The van der Waals surface area contributed by atoms with Gasteiger partial charge in [-0.25, -0.2) is 17.5 Å². The average Bonchev–Trinajstić information content (AvgIpc) is 2.84. The van der Waals surface area contributed by atoms with Crippen molar-refractivity contribution in [2.75, 3.05) is 4.31 Å². The fraction of sp³-hybridized carbons (Fsp3) is 0.0385. The molecule has 0 aliphatic heterocycles. The summed E-state index contributed by atoms with van der Waals surface area (Å²) in [5.74, 6) is -0.629. The standard InChI is InChI=1S/C26H20BrNO4S2/c27-21-9-7-8-19(14-21)18-33-24-15-20(26(29)30)16-25(17-24)34(31,32)28(22-10-3-1-4-11-22)23-12-5-2-6-13-23/h1-17H,18H2,(H,29,30). The van der Waals surface area contributed by atoms with Crippen molar-refractivity contribution in [3.63, 3.8) is 0 Å². The number of aromatic carboxylic acids is 1. The van der Waals surface area contributed by atoms with Gasteiger partial charge in [0.15, 0.2) is 0 Å². The van der Waals surface area contributed by atoms with Gasteiger partial charge in [-0.1, -0.05) is 64.5 Å². The lowest BCUT2D eigenvalue weighted by Crippen LogP contribution is -2.26. The summed E-state index contributed by atoms with van der Waals surface area (Å²) >= 11 is 4.83. The van der Waals surface area contributed by atoms with Crippen LogP contribution in [0.3, 0.4) is 0 Å². The van der Waals surface area contributed by atoms with Gasteiger partial charge in [-0.2, -0.15) is 0 Å². The van der Waals surface area contributed by atoms with Gasteiger partial charge in [0.2, 0.25) is 0 Å². The molecule has 4 rings (SSSR count). The van der Waals surface area contributed by atoms with Crippen molar-refractivity contribution in [2.45, 2.75) is 15.5 Å². The Morgan fingerprint density at radius 1 is 0.824 bits per heavy atom. The fourth-order valence-corrected chi connectivity index (χ4v) is 6.40. The molecule has 8 heteroatoms. The molecule has 0 aromatic heterocycles. The quantitative estimate of drug-likeness (QED) is 0.238. The van der Waals surface area contributed by atoms with E-state index in [0.29, 0.717) is 22.0 Å². The maximum atomic E-state index is 13.9. The molecule has 0 amide bonds. The van der Waals surface area contributed by atoms with Crippen LogP contribution in [0.4, 0.5) is 11.4 Å². The minimum Gasteiger partial charge on any atom is -0.478 e. The minimum atomic E-state index is -4.13. The zero-order valence-electron chi connectivity index (χ0n) is 17.8. The Morgan fingerprint density at radius 2 is 1.44 bits per heavy atom. The predicted molar refractivity (Wildman–Crippen MR) is 139 cm³/mol. The molecule has 0 aliphatic rings. The molecule has 0 radical (unpaired) electrons. The van der Waals surface area contributed by atoms with Gasteiger partial charge >= 0.3 is 5.97 Å². The summed E-state index contributed by atoms with van der Waals surface area (Å²) in [5, 5.41) is 9.67. The second kappa shape index (κ2) is 10.5. The minimum absolute atomic E-state index is 0.0844. The average molecular weight is 554 g/mol. The third-order valence-corrected chi connectivity index (χ3v) is 8.21. The molecule has 4 aromatic carbocycles. The second-order valence-electron chi connectivity index (χ2n) is 7.36. The van der Waals surface area contributed by atoms with E-state index in [0.717, 1.165) is 10.0 Å². The number of carboxylic acids is 1. The maximum Gasteiger partial charge on any atom is 0.335 e. The Morgan fingerprint density at radius 3 is 2.00 bits per heavy atom. The topological polar surface area (TPSA) is 74.7 Å². The first-order valence-corrected chi connectivity index (χ1v) is 13.5. The number of nitrogens with zero attached hydrogens (tertiary/aromatic N) is 1. The highest BCUT2D eigenvalue weighted by Crippen LogP contribution is 2.35. The van der Waals surface area contributed by atoms with Crippen LogP contribution >= 0.6 is 27.7 Å². The number of anilines is 2. The number of benzene rings is 4. The Kier molecular flexibility index (Phi) is 7.41. The normalized spacial score (nSPS) is 11.2. The number of hydrogen-bond donors (Lipinski definition) is 1. The van der Waals surface area contributed by atoms with E-state index in [1.54, 1.807) is 60.7 Å². The lowest BCUT2D eigenvalue weighted by Gasteiger charge is -2.25. The van der Waals surface area contributed by atoms with Crippen molar-refractivity contribution >= 4 is 55.1 Å². The number of para-hydroxylation sites is 2. The van der Waals surface area contributed by atoms with Gasteiger partial charge in [-0.05, 0) is 60.2 Å². The summed E-state index contributed by atoms with van der Waals surface area (Å²) in [6.45, 7) is 0. The van der Waals surface area contributed by atoms with Crippen molar-refractivity contribution in [2.24, 2.45) is 0 Å². The van der Waals surface area contributed by atoms with E-state index in [4.69, 9.17) is 0 Å². The monoisotopic (exact) mass is 553 g/mol. The number of rotatable bonds is 8. The van der Waals surface area contributed by atoms with Gasteiger partial charge < -0.3 is 5.11 Å². The number of sulfonamides is 1. The highest BCUT2D eigenvalue weighted by Gasteiger charge is 2.28. The maximum absolute atomic E-state index is 13.9. The van der Waals surface area contributed by atoms with Crippen molar-refractivity contribution in [3.8, 4) is 0 Å². The van der Waals surface area contributed by atoms with E-state index in [9.17, 15) is 18.3 Å². The van der Waals surface area contributed by atoms with E-state index >= 15 is 0 Å². The summed E-state index contributed by atoms with van der Waals surface area (Å²) in [7, 11) is -4.13. The Labute approximate surface area is 211 Å². The van der Waals surface area contributed by atoms with E-state index in [2.05, 4.69) is 15.9 Å². The zero-order valence-corrected chi connectivity index (χ0v) is 21.1. The molecule has 172 valence electrons. The van der Waals surface area contributed by atoms with E-state index in [1.165, 1.54) is 34.3 Å². The first-order chi connectivity index (χ1) is 16.3. The molecule has 0 atom stereocenters. The first kappa shape index (κ1) is 24.1. The van der Waals surface area contributed by atoms with Crippen LogP contribution in [0.25, 0.3) is 0 Å². The lowest BCUT2D eigenvalue weighted by atomic mass is 10.2. The number of carboxylic acid groups (broad SMARTS) is 1. The molecular formula is C26H20BrNO4S2. The van der Waals surface area contributed by atoms with Crippen LogP contribution in [0.15, 0.2) is 117 Å². The molecule has 0 aliphatic carbocycles. The second-order valence-corrected chi connectivity index (χ2v) is 11.1. The van der Waals surface area contributed by atoms with Crippen LogP contribution in [-0.4, -0.2) is 19.5 Å². The largest absolute Gasteiger partial charge is 0.478 e. The zero-order chi connectivity index (χ0) is 24.1. The molecule has 0 heterocycles. The van der Waals surface area contributed by atoms with E-state index in [-0.39, 0.29) is 10.5 Å². The first-order valence-electron chi connectivity index (χ1n) is 10.3. The van der Waals surface area contributed by atoms with Crippen molar-refractivity contribution in [1.82, 2.24) is 0 Å². The third-order valence-electron chi connectivity index (χ3n) is 4.94. The van der Waals surface area contributed by atoms with E-state index < -0.39 is 16.0 Å².